The molecule has 0 atom stereocenters. The van der Waals surface area contributed by atoms with Crippen molar-refractivity contribution in [2.24, 2.45) is 0 Å². The zero-order valence-corrected chi connectivity index (χ0v) is 13.6. The number of benzene rings is 1. The standard InChI is InChI=1S/C18H22N2O3/c1-14-17(7-12-23-14)18(21)20-10-8-19(9-11-20)13-15-3-5-16(22-2)6-4-15/h3-7,12H,8-11,13H2,1-2H3. The third-order valence-electron chi connectivity index (χ3n) is 4.31. The summed E-state index contributed by atoms with van der Waals surface area (Å²) in [6.45, 7) is 5.99. The summed E-state index contributed by atoms with van der Waals surface area (Å²) in [4.78, 5) is 16.7. The second-order valence-corrected chi connectivity index (χ2v) is 5.81. The van der Waals surface area contributed by atoms with Crippen molar-refractivity contribution in [2.45, 2.75) is 13.5 Å². The van der Waals surface area contributed by atoms with Crippen molar-refractivity contribution >= 4 is 5.91 Å². The number of carbonyl (C=O) groups is 1. The molecule has 122 valence electrons. The van der Waals surface area contributed by atoms with Gasteiger partial charge in [-0.25, -0.2) is 0 Å². The van der Waals surface area contributed by atoms with Gasteiger partial charge in [0.25, 0.3) is 5.91 Å². The maximum Gasteiger partial charge on any atom is 0.257 e. The second-order valence-electron chi connectivity index (χ2n) is 5.81. The van der Waals surface area contributed by atoms with Gasteiger partial charge in [-0.1, -0.05) is 12.1 Å². The summed E-state index contributed by atoms with van der Waals surface area (Å²) >= 11 is 0. The van der Waals surface area contributed by atoms with E-state index in [0.29, 0.717) is 11.3 Å². The fraction of sp³-hybridized carbons (Fsp3) is 0.389. The normalized spacial score (nSPS) is 15.7. The fourth-order valence-corrected chi connectivity index (χ4v) is 2.88. The molecule has 0 aliphatic carbocycles. The maximum absolute atomic E-state index is 12.5. The van der Waals surface area contributed by atoms with Gasteiger partial charge in [0, 0.05) is 32.7 Å². The molecular weight excluding hydrogens is 292 g/mol. The van der Waals surface area contributed by atoms with Crippen LogP contribution in [0.3, 0.4) is 0 Å². The summed E-state index contributed by atoms with van der Waals surface area (Å²) in [6, 6.07) is 9.89. The van der Waals surface area contributed by atoms with Crippen LogP contribution in [-0.2, 0) is 6.54 Å². The minimum atomic E-state index is 0.0698. The van der Waals surface area contributed by atoms with Crippen LogP contribution in [0.2, 0.25) is 0 Å². The van der Waals surface area contributed by atoms with Crippen LogP contribution in [0.25, 0.3) is 0 Å². The Hall–Kier alpha value is -2.27. The highest BCUT2D eigenvalue weighted by molar-refractivity contribution is 5.95. The molecule has 5 nitrogen and oxygen atoms in total. The Kier molecular flexibility index (Phi) is 4.67. The van der Waals surface area contributed by atoms with Crippen LogP contribution in [0.1, 0.15) is 21.7 Å². The highest BCUT2D eigenvalue weighted by Crippen LogP contribution is 2.16. The van der Waals surface area contributed by atoms with Gasteiger partial charge in [-0.3, -0.25) is 9.69 Å². The molecule has 1 saturated heterocycles. The van der Waals surface area contributed by atoms with Gasteiger partial charge in [-0.05, 0) is 30.7 Å². The monoisotopic (exact) mass is 314 g/mol. The lowest BCUT2D eigenvalue weighted by molar-refractivity contribution is 0.0626. The Morgan fingerprint density at radius 1 is 1.13 bits per heavy atom. The van der Waals surface area contributed by atoms with Gasteiger partial charge in [0.1, 0.15) is 11.5 Å². The number of hydrogen-bond acceptors (Lipinski definition) is 4. The van der Waals surface area contributed by atoms with Gasteiger partial charge in [-0.15, -0.1) is 0 Å². The summed E-state index contributed by atoms with van der Waals surface area (Å²) in [5.74, 6) is 1.63. The van der Waals surface area contributed by atoms with Crippen LogP contribution in [0.4, 0.5) is 0 Å². The lowest BCUT2D eigenvalue weighted by Crippen LogP contribution is -2.48. The lowest BCUT2D eigenvalue weighted by Gasteiger charge is -2.34. The predicted octanol–water partition coefficient (Wildman–Crippen LogP) is 2.55. The molecular formula is C18H22N2O3. The van der Waals surface area contributed by atoms with E-state index in [-0.39, 0.29) is 5.91 Å². The average Bonchev–Trinajstić information content (AvgIpc) is 3.02. The number of amides is 1. The van der Waals surface area contributed by atoms with Crippen LogP contribution in [0.15, 0.2) is 41.0 Å². The van der Waals surface area contributed by atoms with E-state index < -0.39 is 0 Å². The molecule has 23 heavy (non-hydrogen) atoms. The molecule has 0 saturated carbocycles. The van der Waals surface area contributed by atoms with E-state index in [9.17, 15) is 4.79 Å². The summed E-state index contributed by atoms with van der Waals surface area (Å²) in [7, 11) is 1.67. The molecule has 1 aliphatic rings. The minimum absolute atomic E-state index is 0.0698. The number of rotatable bonds is 4. The largest absolute Gasteiger partial charge is 0.497 e. The van der Waals surface area contributed by atoms with Crippen LogP contribution >= 0.6 is 0 Å². The Bertz CT molecular complexity index is 655. The number of piperazine rings is 1. The first-order valence-corrected chi connectivity index (χ1v) is 7.86. The van der Waals surface area contributed by atoms with E-state index in [1.54, 1.807) is 19.4 Å². The number of furan rings is 1. The molecule has 0 spiro atoms. The average molecular weight is 314 g/mol. The molecule has 1 aliphatic heterocycles. The zero-order valence-electron chi connectivity index (χ0n) is 13.6. The van der Waals surface area contributed by atoms with E-state index >= 15 is 0 Å². The van der Waals surface area contributed by atoms with Gasteiger partial charge in [-0.2, -0.15) is 0 Å². The van der Waals surface area contributed by atoms with Crippen molar-refractivity contribution in [1.82, 2.24) is 9.80 Å². The Labute approximate surface area is 136 Å². The van der Waals surface area contributed by atoms with E-state index in [0.717, 1.165) is 38.5 Å². The molecule has 1 aromatic heterocycles. The van der Waals surface area contributed by atoms with Crippen molar-refractivity contribution in [3.8, 4) is 5.75 Å². The first-order chi connectivity index (χ1) is 11.2. The van der Waals surface area contributed by atoms with Crippen molar-refractivity contribution in [3.05, 3.63) is 53.5 Å². The Morgan fingerprint density at radius 3 is 2.39 bits per heavy atom. The van der Waals surface area contributed by atoms with Crippen LogP contribution in [0.5, 0.6) is 5.75 Å². The summed E-state index contributed by atoms with van der Waals surface area (Å²) in [5.41, 5.74) is 1.94. The van der Waals surface area contributed by atoms with Crippen molar-refractivity contribution < 1.29 is 13.9 Å². The van der Waals surface area contributed by atoms with Gasteiger partial charge in [0.2, 0.25) is 0 Å². The van der Waals surface area contributed by atoms with Crippen molar-refractivity contribution in [1.29, 1.82) is 0 Å². The van der Waals surface area contributed by atoms with Gasteiger partial charge < -0.3 is 14.1 Å². The molecule has 2 heterocycles. The van der Waals surface area contributed by atoms with E-state index in [1.165, 1.54) is 5.56 Å². The van der Waals surface area contributed by atoms with Gasteiger partial charge in [0.15, 0.2) is 0 Å². The smallest absolute Gasteiger partial charge is 0.257 e. The fourth-order valence-electron chi connectivity index (χ4n) is 2.88. The lowest BCUT2D eigenvalue weighted by atomic mass is 10.1. The molecule has 0 unspecified atom stereocenters. The number of aryl methyl sites for hydroxylation is 1. The molecule has 0 bridgehead atoms. The van der Waals surface area contributed by atoms with Crippen LogP contribution < -0.4 is 4.74 Å². The minimum Gasteiger partial charge on any atom is -0.497 e. The second kappa shape index (κ2) is 6.87. The SMILES string of the molecule is COc1ccc(CN2CCN(C(=O)c3ccoc3C)CC2)cc1. The molecule has 5 heteroatoms. The molecule has 2 aromatic rings. The number of carbonyl (C=O) groups excluding carboxylic acids is 1. The molecule has 1 amide bonds. The number of nitrogens with zero attached hydrogens (tertiary/aromatic N) is 2. The summed E-state index contributed by atoms with van der Waals surface area (Å²) in [5, 5.41) is 0. The molecule has 0 radical (unpaired) electrons. The number of methoxy groups -OCH3 is 1. The Morgan fingerprint density at radius 2 is 1.83 bits per heavy atom. The maximum atomic E-state index is 12.5. The first-order valence-electron chi connectivity index (χ1n) is 7.86. The third-order valence-corrected chi connectivity index (χ3v) is 4.31. The van der Waals surface area contributed by atoms with Crippen LogP contribution in [0, 0.1) is 6.92 Å². The molecule has 1 fully saturated rings. The predicted molar refractivity (Wildman–Crippen MR) is 87.6 cm³/mol. The van der Waals surface area contributed by atoms with Crippen molar-refractivity contribution in [2.75, 3.05) is 33.3 Å². The highest BCUT2D eigenvalue weighted by Gasteiger charge is 2.24. The summed E-state index contributed by atoms with van der Waals surface area (Å²) in [6.07, 6.45) is 1.57. The molecule has 0 N–H and O–H groups in total. The third kappa shape index (κ3) is 3.56. The number of hydrogen-bond donors (Lipinski definition) is 0. The topological polar surface area (TPSA) is 45.9 Å². The van der Waals surface area contributed by atoms with E-state index in [2.05, 4.69) is 17.0 Å². The Balaban J connectivity index is 1.54. The van der Waals surface area contributed by atoms with E-state index in [4.69, 9.17) is 9.15 Å². The van der Waals surface area contributed by atoms with Crippen molar-refractivity contribution in [3.63, 3.8) is 0 Å². The zero-order chi connectivity index (χ0) is 16.2. The first kappa shape index (κ1) is 15.6. The molecule has 1 aromatic carbocycles. The van der Waals surface area contributed by atoms with Gasteiger partial charge >= 0.3 is 0 Å². The molecule has 3 rings (SSSR count). The van der Waals surface area contributed by atoms with E-state index in [1.807, 2.05) is 24.0 Å². The number of ether oxygens (including phenoxy) is 1. The highest BCUT2D eigenvalue weighted by atomic mass is 16.5. The van der Waals surface area contributed by atoms with Crippen LogP contribution in [-0.4, -0.2) is 49.0 Å². The quantitative estimate of drug-likeness (QED) is 0.870. The summed E-state index contributed by atoms with van der Waals surface area (Å²) < 4.78 is 10.4. The van der Waals surface area contributed by atoms with Gasteiger partial charge in [0.05, 0.1) is 18.9 Å².